The summed E-state index contributed by atoms with van der Waals surface area (Å²) in [6, 6.07) is 15.1. The van der Waals surface area contributed by atoms with E-state index >= 15 is 0 Å². The smallest absolute Gasteiger partial charge is 0.286 e. The van der Waals surface area contributed by atoms with Crippen LogP contribution in [0.25, 0.3) is 5.70 Å². The molecular weight excluding hydrogens is 487 g/mol. The normalized spacial score (nSPS) is 13.1. The molecule has 0 atom stereocenters. The van der Waals surface area contributed by atoms with Crippen molar-refractivity contribution in [1.29, 1.82) is 0 Å². The largest absolute Gasteiger partial charge is 1.00 e. The van der Waals surface area contributed by atoms with E-state index in [0.717, 1.165) is 27.9 Å². The molecule has 30 heavy (non-hydrogen) atoms. The van der Waals surface area contributed by atoms with Crippen LogP contribution in [0.1, 0.15) is 43.0 Å². The molecule has 0 fully saturated rings. The minimum absolute atomic E-state index is 0. The van der Waals surface area contributed by atoms with Gasteiger partial charge in [0.05, 0.1) is 0 Å². The fourth-order valence-corrected chi connectivity index (χ4v) is 3.95. The number of nitrogens with zero attached hydrogens (tertiary/aromatic N) is 1. The first kappa shape index (κ1) is 21.9. The molecule has 0 aliphatic heterocycles. The number of hydrogen-bond acceptors (Lipinski definition) is 3. The maximum Gasteiger partial charge on any atom is 0.286 e. The summed E-state index contributed by atoms with van der Waals surface area (Å²) in [7, 11) is 0. The molecule has 152 valence electrons. The van der Waals surface area contributed by atoms with Crippen LogP contribution in [0.4, 0.5) is 5.69 Å². The zero-order valence-corrected chi connectivity index (χ0v) is 19.6. The second-order valence-corrected chi connectivity index (χ2v) is 7.73. The summed E-state index contributed by atoms with van der Waals surface area (Å²) in [5.41, 5.74) is 6.51. The average Bonchev–Trinajstić information content (AvgIpc) is 2.64. The van der Waals surface area contributed by atoms with E-state index in [2.05, 4.69) is 11.4 Å². The first-order valence-corrected chi connectivity index (χ1v) is 9.61. The zero-order chi connectivity index (χ0) is 20.7. The Bertz CT molecular complexity index is 1170. The van der Waals surface area contributed by atoms with Gasteiger partial charge >= 0.3 is 0 Å². The van der Waals surface area contributed by atoms with Crippen LogP contribution in [0.2, 0.25) is 0 Å². The van der Waals surface area contributed by atoms with Crippen molar-refractivity contribution in [2.24, 2.45) is 0 Å². The summed E-state index contributed by atoms with van der Waals surface area (Å²) in [6.07, 6.45) is 3.76. The summed E-state index contributed by atoms with van der Waals surface area (Å²) >= 11 is 0. The second-order valence-electron chi connectivity index (χ2n) is 7.73. The Balaban J connectivity index is 0.00000256. The average molecular weight is 510 g/mol. The Morgan fingerprint density at radius 1 is 0.700 bits per heavy atom. The minimum atomic E-state index is -0.180. The summed E-state index contributed by atoms with van der Waals surface area (Å²) in [5.74, 6) is -0.344. The molecule has 0 spiro atoms. The van der Waals surface area contributed by atoms with E-state index in [1.807, 2.05) is 58.3 Å². The van der Waals surface area contributed by atoms with E-state index < -0.39 is 0 Å². The van der Waals surface area contributed by atoms with Gasteiger partial charge in [-0.05, 0) is 57.0 Å². The number of aryl methyl sites for hydroxylation is 4. The van der Waals surface area contributed by atoms with Gasteiger partial charge < -0.3 is 29.3 Å². The molecule has 5 heteroatoms. The molecule has 4 rings (SSSR count). The molecule has 0 bridgehead atoms. The predicted octanol–water partition coefficient (Wildman–Crippen LogP) is 1.57. The molecule has 1 aliphatic carbocycles. The number of anilines is 1. The second kappa shape index (κ2) is 8.52. The highest BCUT2D eigenvalue weighted by Crippen LogP contribution is 2.28. The van der Waals surface area contributed by atoms with Gasteiger partial charge in [0.1, 0.15) is 0 Å². The molecule has 1 aromatic heterocycles. The molecule has 1 heterocycles. The van der Waals surface area contributed by atoms with Crippen molar-refractivity contribution >= 4 is 23.0 Å². The number of aromatic nitrogens is 1. The Morgan fingerprint density at radius 2 is 1.20 bits per heavy atom. The molecule has 2 aromatic carbocycles. The quantitative estimate of drug-likeness (QED) is 0.430. The number of allylic oxidation sites excluding steroid dienone is 2. The van der Waals surface area contributed by atoms with E-state index in [1.165, 1.54) is 0 Å². The van der Waals surface area contributed by atoms with E-state index in [4.69, 9.17) is 0 Å². The van der Waals surface area contributed by atoms with Crippen molar-refractivity contribution in [1.82, 2.24) is 0 Å². The van der Waals surface area contributed by atoms with E-state index in [9.17, 15) is 9.59 Å². The summed E-state index contributed by atoms with van der Waals surface area (Å²) in [5, 5.41) is 3.26. The number of pyridine rings is 1. The minimum Gasteiger partial charge on any atom is -1.00 e. The Morgan fingerprint density at radius 3 is 1.77 bits per heavy atom. The fraction of sp³-hybridized carbons (Fsp3) is 0.160. The number of fused-ring (bicyclic) bond motifs is 1. The number of halogens is 1. The van der Waals surface area contributed by atoms with Crippen LogP contribution in [0.3, 0.4) is 0 Å². The maximum absolute atomic E-state index is 13.4. The molecular formula is C25H23IN2O2. The number of hydrogen-bond donors (Lipinski definition) is 1. The molecule has 1 aliphatic rings. The van der Waals surface area contributed by atoms with E-state index in [-0.39, 0.29) is 35.5 Å². The number of carbonyl (C=O) groups is 2. The Hall–Kier alpha value is -2.80. The van der Waals surface area contributed by atoms with Gasteiger partial charge in [-0.3, -0.25) is 9.59 Å². The summed E-state index contributed by atoms with van der Waals surface area (Å²) < 4.78 is 1.77. The van der Waals surface area contributed by atoms with Gasteiger partial charge in [-0.2, -0.15) is 4.57 Å². The monoisotopic (exact) mass is 510 g/mol. The van der Waals surface area contributed by atoms with Crippen molar-refractivity contribution in [3.8, 4) is 0 Å². The lowest BCUT2D eigenvalue weighted by Gasteiger charge is -2.19. The Kier molecular flexibility index (Phi) is 6.22. The number of benzene rings is 2. The van der Waals surface area contributed by atoms with Crippen LogP contribution in [0.15, 0.2) is 66.6 Å². The van der Waals surface area contributed by atoms with Gasteiger partial charge in [0.15, 0.2) is 18.1 Å². The van der Waals surface area contributed by atoms with Crippen LogP contribution in [0, 0.1) is 27.7 Å². The first-order chi connectivity index (χ1) is 13.8. The molecule has 0 radical (unpaired) electrons. The lowest BCUT2D eigenvalue weighted by atomic mass is 9.89. The molecule has 0 saturated heterocycles. The topological polar surface area (TPSA) is 50.1 Å². The number of rotatable bonds is 3. The van der Waals surface area contributed by atoms with Crippen molar-refractivity contribution in [2.45, 2.75) is 27.7 Å². The SMILES string of the molecule is Cc1cc(C)cc(NC2=C([n+]3cc(C)cc(C)c3)C(=O)c3ccccc3C2=O)c1.[I-]. The van der Waals surface area contributed by atoms with Crippen LogP contribution >= 0.6 is 0 Å². The van der Waals surface area contributed by atoms with Crippen molar-refractivity contribution in [2.75, 3.05) is 5.32 Å². The highest BCUT2D eigenvalue weighted by atomic mass is 127. The van der Waals surface area contributed by atoms with Gasteiger partial charge in [-0.1, -0.05) is 30.3 Å². The van der Waals surface area contributed by atoms with Gasteiger partial charge in [0.25, 0.3) is 11.5 Å². The third-order valence-electron chi connectivity index (χ3n) is 4.99. The number of nitrogens with one attached hydrogen (secondary N) is 1. The number of Topliss-reactive ketones (excluding diaryl/α,β-unsaturated/α-hetero) is 2. The molecule has 3 aromatic rings. The highest BCUT2D eigenvalue weighted by Gasteiger charge is 2.38. The van der Waals surface area contributed by atoms with Crippen molar-refractivity contribution in [3.05, 3.63) is 100 Å². The van der Waals surface area contributed by atoms with Crippen molar-refractivity contribution in [3.63, 3.8) is 0 Å². The first-order valence-electron chi connectivity index (χ1n) is 9.61. The Labute approximate surface area is 193 Å². The summed E-state index contributed by atoms with van der Waals surface area (Å²) in [4.78, 5) is 26.9. The molecule has 0 saturated carbocycles. The van der Waals surface area contributed by atoms with Crippen LogP contribution in [0.5, 0.6) is 0 Å². The standard InChI is InChI=1S/C25H22N2O2.HI/c1-15-9-16(2)12-19(11-15)26-22-23(27-13-17(3)10-18(4)14-27)25(29)21-8-6-5-7-20(21)24(22)28;/h5-14H,1-4H3;1H. The van der Waals surface area contributed by atoms with Crippen LogP contribution < -0.4 is 33.9 Å². The van der Waals surface area contributed by atoms with Crippen LogP contribution in [-0.2, 0) is 0 Å². The third-order valence-corrected chi connectivity index (χ3v) is 4.99. The third kappa shape index (κ3) is 4.07. The van der Waals surface area contributed by atoms with E-state index in [0.29, 0.717) is 22.5 Å². The zero-order valence-electron chi connectivity index (χ0n) is 17.4. The van der Waals surface area contributed by atoms with Gasteiger partial charge in [0.2, 0.25) is 5.78 Å². The molecule has 4 nitrogen and oxygen atoms in total. The number of carbonyl (C=O) groups excluding carboxylic acids is 2. The number of ketones is 2. The lowest BCUT2D eigenvalue weighted by molar-refractivity contribution is -0.578. The highest BCUT2D eigenvalue weighted by molar-refractivity contribution is 6.36. The molecule has 0 amide bonds. The summed E-state index contributed by atoms with van der Waals surface area (Å²) in [6.45, 7) is 7.97. The fourth-order valence-electron chi connectivity index (χ4n) is 3.95. The molecule has 1 N–H and O–H groups in total. The van der Waals surface area contributed by atoms with Gasteiger partial charge in [-0.15, -0.1) is 0 Å². The predicted molar refractivity (Wildman–Crippen MR) is 114 cm³/mol. The lowest BCUT2D eigenvalue weighted by Crippen LogP contribution is -3.00. The van der Waals surface area contributed by atoms with Crippen LogP contribution in [-0.4, -0.2) is 11.6 Å². The van der Waals surface area contributed by atoms with E-state index in [1.54, 1.807) is 28.8 Å². The van der Waals surface area contributed by atoms with Gasteiger partial charge in [0, 0.05) is 27.9 Å². The van der Waals surface area contributed by atoms with Gasteiger partial charge in [-0.25, -0.2) is 0 Å². The maximum atomic E-state index is 13.4. The van der Waals surface area contributed by atoms with Crippen molar-refractivity contribution < 1.29 is 38.1 Å². The molecule has 0 unspecified atom stereocenters.